The number of ether oxygens (including phenoxy) is 1. The van der Waals surface area contributed by atoms with Gasteiger partial charge in [-0.2, -0.15) is 5.10 Å². The number of nitrogens with zero attached hydrogens (tertiary/aromatic N) is 2. The van der Waals surface area contributed by atoms with Crippen molar-refractivity contribution in [1.29, 1.82) is 0 Å². The van der Waals surface area contributed by atoms with Crippen molar-refractivity contribution in [2.75, 3.05) is 7.11 Å². The first-order valence-electron chi connectivity index (χ1n) is 8.00. The van der Waals surface area contributed by atoms with Crippen LogP contribution in [0.5, 0.6) is 5.88 Å². The Hall–Kier alpha value is -2.04. The molecule has 1 saturated carbocycles. The summed E-state index contributed by atoms with van der Waals surface area (Å²) in [5.74, 6) is 0.712. The van der Waals surface area contributed by atoms with Crippen LogP contribution in [-0.2, 0) is 7.05 Å². The van der Waals surface area contributed by atoms with Crippen LogP contribution in [0.3, 0.4) is 0 Å². The van der Waals surface area contributed by atoms with Crippen LogP contribution in [0.2, 0.25) is 0 Å². The van der Waals surface area contributed by atoms with Gasteiger partial charge < -0.3 is 10.1 Å². The lowest BCUT2D eigenvalue weighted by molar-refractivity contribution is 0.0933. The van der Waals surface area contributed by atoms with Gasteiger partial charge in [0.2, 0.25) is 5.88 Å². The molecule has 3 rings (SSSR count). The Balaban J connectivity index is 1.79. The first-order chi connectivity index (χ1) is 10.7. The number of hydrogen-bond donors (Lipinski definition) is 1. The average molecular weight is 301 g/mol. The van der Waals surface area contributed by atoms with Crippen molar-refractivity contribution in [2.45, 2.75) is 44.6 Å². The van der Waals surface area contributed by atoms with E-state index in [4.69, 9.17) is 4.74 Å². The van der Waals surface area contributed by atoms with Crippen LogP contribution in [-0.4, -0.2) is 28.8 Å². The molecule has 1 aliphatic rings. The van der Waals surface area contributed by atoms with Crippen molar-refractivity contribution >= 4 is 16.8 Å². The molecule has 5 heteroatoms. The standard InChI is InChI=1S/C17H23N3O2/c1-20-17(22-2)14-10-9-12(11-15(14)19-20)16(21)18-13-7-5-3-4-6-8-13/h9-11,13H,3-8H2,1-2H3,(H,18,21). The van der Waals surface area contributed by atoms with Crippen LogP contribution in [0.25, 0.3) is 10.9 Å². The molecule has 0 aliphatic heterocycles. The minimum Gasteiger partial charge on any atom is -0.481 e. The first kappa shape index (κ1) is 14.9. The lowest BCUT2D eigenvalue weighted by Crippen LogP contribution is -2.34. The zero-order chi connectivity index (χ0) is 15.5. The van der Waals surface area contributed by atoms with E-state index in [1.165, 1.54) is 25.7 Å². The Bertz CT molecular complexity index is 670. The van der Waals surface area contributed by atoms with Crippen LogP contribution in [0.15, 0.2) is 18.2 Å². The predicted octanol–water partition coefficient (Wildman–Crippen LogP) is 3.03. The second kappa shape index (κ2) is 6.38. The molecule has 1 aromatic heterocycles. The Morgan fingerprint density at radius 2 is 2.00 bits per heavy atom. The maximum absolute atomic E-state index is 12.5. The lowest BCUT2D eigenvalue weighted by Gasteiger charge is -2.16. The van der Waals surface area contributed by atoms with E-state index in [2.05, 4.69) is 10.4 Å². The van der Waals surface area contributed by atoms with Crippen molar-refractivity contribution < 1.29 is 9.53 Å². The zero-order valence-corrected chi connectivity index (χ0v) is 13.3. The van der Waals surface area contributed by atoms with Gasteiger partial charge in [0.1, 0.15) is 0 Å². The van der Waals surface area contributed by atoms with Gasteiger partial charge in [-0.3, -0.25) is 4.79 Å². The van der Waals surface area contributed by atoms with E-state index >= 15 is 0 Å². The molecule has 1 amide bonds. The van der Waals surface area contributed by atoms with Crippen LogP contribution >= 0.6 is 0 Å². The molecule has 1 heterocycles. The largest absolute Gasteiger partial charge is 0.481 e. The third-order valence-electron chi connectivity index (χ3n) is 4.43. The number of aryl methyl sites for hydroxylation is 1. The summed E-state index contributed by atoms with van der Waals surface area (Å²) < 4.78 is 7.03. The smallest absolute Gasteiger partial charge is 0.251 e. The van der Waals surface area contributed by atoms with Gasteiger partial charge in [-0.15, -0.1) is 0 Å². The number of benzene rings is 1. The van der Waals surface area contributed by atoms with E-state index in [-0.39, 0.29) is 5.91 Å². The molecule has 0 bridgehead atoms. The van der Waals surface area contributed by atoms with Gasteiger partial charge in [0.25, 0.3) is 5.91 Å². The molecule has 5 nitrogen and oxygen atoms in total. The molecule has 0 atom stereocenters. The van der Waals surface area contributed by atoms with Crippen molar-refractivity contribution in [1.82, 2.24) is 15.1 Å². The predicted molar refractivity (Wildman–Crippen MR) is 86.2 cm³/mol. The topological polar surface area (TPSA) is 56.1 Å². The van der Waals surface area contributed by atoms with Gasteiger partial charge in [-0.25, -0.2) is 4.68 Å². The Morgan fingerprint density at radius 1 is 1.27 bits per heavy atom. The van der Waals surface area contributed by atoms with Gasteiger partial charge in [0, 0.05) is 18.7 Å². The van der Waals surface area contributed by atoms with Gasteiger partial charge >= 0.3 is 0 Å². The SMILES string of the molecule is COc1c2ccc(C(=O)NC3CCCCCC3)cc2nn1C. The summed E-state index contributed by atoms with van der Waals surface area (Å²) in [4.78, 5) is 12.5. The fraction of sp³-hybridized carbons (Fsp3) is 0.529. The molecule has 0 saturated heterocycles. The summed E-state index contributed by atoms with van der Waals surface area (Å²) in [7, 11) is 3.47. The molecule has 1 aromatic carbocycles. The fourth-order valence-electron chi connectivity index (χ4n) is 3.25. The number of rotatable bonds is 3. The summed E-state index contributed by atoms with van der Waals surface area (Å²) in [6.07, 6.45) is 7.16. The lowest BCUT2D eigenvalue weighted by atomic mass is 10.1. The van der Waals surface area contributed by atoms with E-state index < -0.39 is 0 Å². The van der Waals surface area contributed by atoms with Gasteiger partial charge in [0.15, 0.2) is 0 Å². The van der Waals surface area contributed by atoms with E-state index in [1.807, 2.05) is 25.2 Å². The highest BCUT2D eigenvalue weighted by atomic mass is 16.5. The summed E-state index contributed by atoms with van der Waals surface area (Å²) in [5.41, 5.74) is 1.45. The molecule has 1 fully saturated rings. The van der Waals surface area contributed by atoms with Crippen molar-refractivity contribution in [3.63, 3.8) is 0 Å². The van der Waals surface area contributed by atoms with E-state index in [9.17, 15) is 4.79 Å². The van der Waals surface area contributed by atoms with Gasteiger partial charge in [-0.1, -0.05) is 25.7 Å². The van der Waals surface area contributed by atoms with E-state index in [0.29, 0.717) is 17.5 Å². The normalized spacial score (nSPS) is 16.5. The van der Waals surface area contributed by atoms with Crippen LogP contribution in [0.1, 0.15) is 48.9 Å². The summed E-state index contributed by atoms with van der Waals surface area (Å²) in [5, 5.41) is 8.50. The van der Waals surface area contributed by atoms with E-state index in [0.717, 1.165) is 23.7 Å². The molecule has 1 aliphatic carbocycles. The second-order valence-electron chi connectivity index (χ2n) is 6.03. The summed E-state index contributed by atoms with van der Waals surface area (Å²) >= 11 is 0. The number of carbonyl (C=O) groups excluding carboxylic acids is 1. The third kappa shape index (κ3) is 2.93. The fourth-order valence-corrected chi connectivity index (χ4v) is 3.25. The third-order valence-corrected chi connectivity index (χ3v) is 4.43. The molecule has 0 spiro atoms. The van der Waals surface area contributed by atoms with Crippen LogP contribution < -0.4 is 10.1 Å². The molecular weight excluding hydrogens is 278 g/mol. The van der Waals surface area contributed by atoms with Crippen molar-refractivity contribution in [3.05, 3.63) is 23.8 Å². The molecule has 1 N–H and O–H groups in total. The van der Waals surface area contributed by atoms with Crippen molar-refractivity contribution in [2.24, 2.45) is 7.05 Å². The second-order valence-corrected chi connectivity index (χ2v) is 6.03. The highest BCUT2D eigenvalue weighted by Gasteiger charge is 2.17. The monoisotopic (exact) mass is 301 g/mol. The molecular formula is C17H23N3O2. The number of fused-ring (bicyclic) bond motifs is 1. The Morgan fingerprint density at radius 3 is 2.68 bits per heavy atom. The van der Waals surface area contributed by atoms with E-state index in [1.54, 1.807) is 11.8 Å². The number of aromatic nitrogens is 2. The quantitative estimate of drug-likeness (QED) is 0.887. The van der Waals surface area contributed by atoms with Crippen molar-refractivity contribution in [3.8, 4) is 5.88 Å². The maximum atomic E-state index is 12.5. The number of nitrogens with one attached hydrogen (secondary N) is 1. The Labute approximate surface area is 130 Å². The number of hydrogen-bond acceptors (Lipinski definition) is 3. The highest BCUT2D eigenvalue weighted by Crippen LogP contribution is 2.25. The average Bonchev–Trinajstić information content (AvgIpc) is 2.66. The number of amides is 1. The minimum atomic E-state index is -0.00146. The van der Waals surface area contributed by atoms with Gasteiger partial charge in [0.05, 0.1) is 18.0 Å². The van der Waals surface area contributed by atoms with Crippen LogP contribution in [0, 0.1) is 0 Å². The number of carbonyl (C=O) groups is 1. The first-order valence-corrected chi connectivity index (χ1v) is 8.00. The molecule has 0 unspecified atom stereocenters. The minimum absolute atomic E-state index is 0.00146. The number of methoxy groups -OCH3 is 1. The molecule has 0 radical (unpaired) electrons. The molecule has 22 heavy (non-hydrogen) atoms. The summed E-state index contributed by atoms with van der Waals surface area (Å²) in [6.45, 7) is 0. The molecule has 118 valence electrons. The zero-order valence-electron chi connectivity index (χ0n) is 13.3. The van der Waals surface area contributed by atoms with Gasteiger partial charge in [-0.05, 0) is 31.0 Å². The molecule has 2 aromatic rings. The van der Waals surface area contributed by atoms with Crippen LogP contribution in [0.4, 0.5) is 0 Å². The Kier molecular flexibility index (Phi) is 4.32. The summed E-state index contributed by atoms with van der Waals surface area (Å²) in [6, 6.07) is 5.90. The maximum Gasteiger partial charge on any atom is 0.251 e. The highest BCUT2D eigenvalue weighted by molar-refractivity contribution is 5.98.